The lowest BCUT2D eigenvalue weighted by molar-refractivity contribution is -0.130. The van der Waals surface area contributed by atoms with Crippen LogP contribution in [-0.2, 0) is 22.5 Å². The van der Waals surface area contributed by atoms with Gasteiger partial charge in [-0.25, -0.2) is 4.98 Å². The molecule has 1 aliphatic heterocycles. The van der Waals surface area contributed by atoms with Crippen LogP contribution in [0.2, 0.25) is 0 Å². The minimum absolute atomic E-state index is 0.0228. The van der Waals surface area contributed by atoms with Crippen LogP contribution in [0.15, 0.2) is 48.5 Å². The lowest BCUT2D eigenvalue weighted by Gasteiger charge is -2.13. The van der Waals surface area contributed by atoms with E-state index in [1.807, 2.05) is 42.5 Å². The van der Waals surface area contributed by atoms with E-state index >= 15 is 0 Å². The van der Waals surface area contributed by atoms with Gasteiger partial charge < -0.3 is 24.1 Å². The highest BCUT2D eigenvalue weighted by molar-refractivity contribution is 5.81. The summed E-state index contributed by atoms with van der Waals surface area (Å²) in [4.78, 5) is 17.0. The van der Waals surface area contributed by atoms with Crippen molar-refractivity contribution in [1.82, 2.24) is 14.9 Å². The minimum atomic E-state index is -0.300. The number of benzene rings is 2. The molecule has 1 atom stereocenters. The van der Waals surface area contributed by atoms with E-state index in [2.05, 4.69) is 16.0 Å². The van der Waals surface area contributed by atoms with Crippen molar-refractivity contribution in [1.29, 1.82) is 0 Å². The molecule has 0 spiro atoms. The monoisotopic (exact) mass is 423 g/mol. The zero-order chi connectivity index (χ0) is 21.5. The summed E-state index contributed by atoms with van der Waals surface area (Å²) >= 11 is 0. The molecule has 1 fully saturated rings. The van der Waals surface area contributed by atoms with Crippen molar-refractivity contribution < 1.29 is 19.0 Å². The number of aryl methyl sites for hydroxylation is 1. The molecule has 2 heterocycles. The standard InChI is InChI=1S/C24H29N3O4/c1-29-20-10-4-5-11-21(20)30-17-7-15-27-19-9-3-2-8-18(19)26-23(27)13-14-25-24(28)22-12-6-16-31-22/h2-5,8-11,22H,6-7,12-17H2,1H3,(H,25,28). The summed E-state index contributed by atoms with van der Waals surface area (Å²) in [6.45, 7) is 2.57. The number of para-hydroxylation sites is 4. The summed E-state index contributed by atoms with van der Waals surface area (Å²) in [5.41, 5.74) is 2.06. The molecule has 0 radical (unpaired) electrons. The lowest BCUT2D eigenvalue weighted by Crippen LogP contribution is -2.35. The number of ether oxygens (including phenoxy) is 3. The molecule has 4 rings (SSSR count). The van der Waals surface area contributed by atoms with Crippen LogP contribution in [0.3, 0.4) is 0 Å². The molecule has 1 saturated heterocycles. The molecule has 1 N–H and O–H groups in total. The fraction of sp³-hybridized carbons (Fsp3) is 0.417. The maximum absolute atomic E-state index is 12.2. The molecule has 3 aromatic rings. The predicted molar refractivity (Wildman–Crippen MR) is 119 cm³/mol. The molecule has 1 aromatic heterocycles. The second-order valence-electron chi connectivity index (χ2n) is 7.56. The van der Waals surface area contributed by atoms with Crippen LogP contribution < -0.4 is 14.8 Å². The average Bonchev–Trinajstić information content (AvgIpc) is 3.45. The third-order valence-electron chi connectivity index (χ3n) is 5.46. The van der Waals surface area contributed by atoms with Gasteiger partial charge in [0.1, 0.15) is 11.9 Å². The number of methoxy groups -OCH3 is 1. The fourth-order valence-corrected chi connectivity index (χ4v) is 3.90. The lowest BCUT2D eigenvalue weighted by atomic mass is 10.2. The summed E-state index contributed by atoms with van der Waals surface area (Å²) in [6, 6.07) is 15.8. The molecule has 7 heteroatoms. The molecule has 0 aliphatic carbocycles. The van der Waals surface area contributed by atoms with Crippen molar-refractivity contribution in [3.63, 3.8) is 0 Å². The van der Waals surface area contributed by atoms with Gasteiger partial charge in [-0.3, -0.25) is 4.79 Å². The Morgan fingerprint density at radius 2 is 2.00 bits per heavy atom. The number of hydrogen-bond acceptors (Lipinski definition) is 5. The first-order chi connectivity index (χ1) is 15.3. The van der Waals surface area contributed by atoms with Crippen LogP contribution >= 0.6 is 0 Å². The van der Waals surface area contributed by atoms with Gasteiger partial charge in [-0.15, -0.1) is 0 Å². The third kappa shape index (κ3) is 5.17. The van der Waals surface area contributed by atoms with Crippen LogP contribution in [0.25, 0.3) is 11.0 Å². The normalized spacial score (nSPS) is 15.8. The maximum Gasteiger partial charge on any atom is 0.249 e. The van der Waals surface area contributed by atoms with Crippen molar-refractivity contribution in [2.75, 3.05) is 26.9 Å². The van der Waals surface area contributed by atoms with Gasteiger partial charge in [-0.05, 0) is 43.5 Å². The SMILES string of the molecule is COc1ccccc1OCCCn1c(CCNC(=O)C2CCCO2)nc2ccccc21. The highest BCUT2D eigenvalue weighted by Gasteiger charge is 2.23. The van der Waals surface area contributed by atoms with E-state index < -0.39 is 0 Å². The Bertz CT molecular complexity index is 1010. The van der Waals surface area contributed by atoms with E-state index in [9.17, 15) is 4.79 Å². The summed E-state index contributed by atoms with van der Waals surface area (Å²) in [5.74, 6) is 2.42. The Morgan fingerprint density at radius 1 is 1.19 bits per heavy atom. The number of carbonyl (C=O) groups excluding carboxylic acids is 1. The molecular weight excluding hydrogens is 394 g/mol. The van der Waals surface area contributed by atoms with Gasteiger partial charge in [0.2, 0.25) is 5.91 Å². The molecule has 1 aliphatic rings. The zero-order valence-electron chi connectivity index (χ0n) is 17.9. The van der Waals surface area contributed by atoms with Gasteiger partial charge in [0, 0.05) is 26.1 Å². The number of carbonyl (C=O) groups is 1. The van der Waals surface area contributed by atoms with Crippen molar-refractivity contribution >= 4 is 16.9 Å². The van der Waals surface area contributed by atoms with Gasteiger partial charge >= 0.3 is 0 Å². The second-order valence-corrected chi connectivity index (χ2v) is 7.56. The number of aromatic nitrogens is 2. The molecule has 1 unspecified atom stereocenters. The van der Waals surface area contributed by atoms with E-state index in [-0.39, 0.29) is 12.0 Å². The third-order valence-corrected chi connectivity index (χ3v) is 5.46. The van der Waals surface area contributed by atoms with E-state index in [0.717, 1.165) is 54.2 Å². The number of imidazole rings is 1. The Kier molecular flexibility index (Phi) is 7.04. The smallest absolute Gasteiger partial charge is 0.249 e. The molecule has 0 saturated carbocycles. The van der Waals surface area contributed by atoms with E-state index in [0.29, 0.717) is 26.2 Å². The van der Waals surface area contributed by atoms with E-state index in [4.69, 9.17) is 19.2 Å². The zero-order valence-corrected chi connectivity index (χ0v) is 17.9. The van der Waals surface area contributed by atoms with Crippen molar-refractivity contribution in [3.05, 3.63) is 54.4 Å². The quantitative estimate of drug-likeness (QED) is 0.506. The van der Waals surface area contributed by atoms with Gasteiger partial charge in [0.15, 0.2) is 11.5 Å². The van der Waals surface area contributed by atoms with Crippen LogP contribution in [0, 0.1) is 0 Å². The Hall–Kier alpha value is -3.06. The number of nitrogens with one attached hydrogen (secondary N) is 1. The molecule has 0 bridgehead atoms. The number of hydrogen-bond donors (Lipinski definition) is 1. The Balaban J connectivity index is 1.36. The molecule has 164 valence electrons. The van der Waals surface area contributed by atoms with Gasteiger partial charge in [-0.1, -0.05) is 24.3 Å². The first-order valence-electron chi connectivity index (χ1n) is 10.9. The molecule has 31 heavy (non-hydrogen) atoms. The first kappa shape index (κ1) is 21.2. The summed E-state index contributed by atoms with van der Waals surface area (Å²) in [7, 11) is 1.64. The van der Waals surface area contributed by atoms with Crippen LogP contribution in [0.5, 0.6) is 11.5 Å². The molecular formula is C24H29N3O4. The average molecular weight is 424 g/mol. The number of fused-ring (bicyclic) bond motifs is 1. The number of nitrogens with zero attached hydrogens (tertiary/aromatic N) is 2. The van der Waals surface area contributed by atoms with Gasteiger partial charge in [-0.2, -0.15) is 0 Å². The summed E-state index contributed by atoms with van der Waals surface area (Å²) < 4.78 is 18.9. The first-order valence-corrected chi connectivity index (χ1v) is 10.9. The summed E-state index contributed by atoms with van der Waals surface area (Å²) in [6.07, 6.45) is 2.95. The van der Waals surface area contributed by atoms with E-state index in [1.54, 1.807) is 7.11 Å². The fourth-order valence-electron chi connectivity index (χ4n) is 3.90. The Morgan fingerprint density at radius 3 is 2.81 bits per heavy atom. The van der Waals surface area contributed by atoms with Crippen LogP contribution in [0.4, 0.5) is 0 Å². The van der Waals surface area contributed by atoms with Crippen molar-refractivity contribution in [2.45, 2.75) is 38.3 Å². The summed E-state index contributed by atoms with van der Waals surface area (Å²) in [5, 5.41) is 2.99. The number of rotatable bonds is 10. The Labute approximate surface area is 182 Å². The molecule has 2 aromatic carbocycles. The van der Waals surface area contributed by atoms with Crippen molar-refractivity contribution in [3.8, 4) is 11.5 Å². The number of amides is 1. The van der Waals surface area contributed by atoms with Crippen LogP contribution in [0.1, 0.15) is 25.1 Å². The minimum Gasteiger partial charge on any atom is -0.493 e. The molecule has 1 amide bonds. The second kappa shape index (κ2) is 10.3. The van der Waals surface area contributed by atoms with Gasteiger partial charge in [0.25, 0.3) is 0 Å². The largest absolute Gasteiger partial charge is 0.493 e. The van der Waals surface area contributed by atoms with Crippen LogP contribution in [-0.4, -0.2) is 48.4 Å². The topological polar surface area (TPSA) is 74.6 Å². The van der Waals surface area contributed by atoms with Gasteiger partial charge in [0.05, 0.1) is 24.8 Å². The predicted octanol–water partition coefficient (Wildman–Crippen LogP) is 3.35. The van der Waals surface area contributed by atoms with Crippen molar-refractivity contribution in [2.24, 2.45) is 0 Å². The maximum atomic E-state index is 12.2. The molecule has 7 nitrogen and oxygen atoms in total. The highest BCUT2D eigenvalue weighted by Crippen LogP contribution is 2.26. The highest BCUT2D eigenvalue weighted by atomic mass is 16.5. The van der Waals surface area contributed by atoms with E-state index in [1.165, 1.54) is 0 Å².